The predicted octanol–water partition coefficient (Wildman–Crippen LogP) is 4.24. The summed E-state index contributed by atoms with van der Waals surface area (Å²) in [6, 6.07) is 5.88. The fourth-order valence-electron chi connectivity index (χ4n) is 4.00. The van der Waals surface area contributed by atoms with Crippen LogP contribution in [0.15, 0.2) is 23.4 Å². The molecular weight excluding hydrogens is 470 g/mol. The highest BCUT2D eigenvalue weighted by atomic mass is 32.2. The van der Waals surface area contributed by atoms with Crippen molar-refractivity contribution in [3.63, 3.8) is 0 Å². The highest BCUT2D eigenvalue weighted by Gasteiger charge is 2.20. The van der Waals surface area contributed by atoms with E-state index in [9.17, 15) is 9.59 Å². The SMILES string of the molecule is Cc1ccc(NC(=O)Cc2nnc(SCC(=O)Nc3nnc(C4CCCCC4)s3)n2C)c(C)c1. The molecule has 0 unspecified atom stereocenters. The van der Waals surface area contributed by atoms with Crippen LogP contribution in [-0.4, -0.2) is 42.5 Å². The second kappa shape index (κ2) is 11.1. The molecule has 34 heavy (non-hydrogen) atoms. The van der Waals surface area contributed by atoms with Gasteiger partial charge in [0.25, 0.3) is 0 Å². The normalized spacial score (nSPS) is 14.2. The summed E-state index contributed by atoms with van der Waals surface area (Å²) in [6.45, 7) is 3.98. The van der Waals surface area contributed by atoms with Gasteiger partial charge in [0, 0.05) is 18.7 Å². The van der Waals surface area contributed by atoms with E-state index in [4.69, 9.17) is 0 Å². The van der Waals surface area contributed by atoms with E-state index in [1.54, 1.807) is 11.6 Å². The second-order valence-corrected chi connectivity index (χ2v) is 10.6. The number of carbonyl (C=O) groups excluding carboxylic acids is 2. The Labute approximate surface area is 207 Å². The monoisotopic (exact) mass is 499 g/mol. The first-order valence-corrected chi connectivity index (χ1v) is 13.2. The molecule has 2 aromatic heterocycles. The fraction of sp³-hybridized carbons (Fsp3) is 0.478. The zero-order valence-corrected chi connectivity index (χ0v) is 21.3. The maximum atomic E-state index is 12.5. The summed E-state index contributed by atoms with van der Waals surface area (Å²) in [7, 11) is 1.79. The third kappa shape index (κ3) is 6.20. The van der Waals surface area contributed by atoms with Crippen molar-refractivity contribution in [3.05, 3.63) is 40.2 Å². The van der Waals surface area contributed by atoms with E-state index in [0.717, 1.165) is 34.7 Å². The van der Waals surface area contributed by atoms with Crippen LogP contribution in [0, 0.1) is 13.8 Å². The number of aryl methyl sites for hydroxylation is 2. The number of benzene rings is 1. The number of nitrogens with one attached hydrogen (secondary N) is 2. The number of amides is 2. The molecule has 1 aliphatic carbocycles. The number of hydrogen-bond donors (Lipinski definition) is 2. The minimum Gasteiger partial charge on any atom is -0.325 e. The van der Waals surface area contributed by atoms with Gasteiger partial charge >= 0.3 is 0 Å². The van der Waals surface area contributed by atoms with Crippen LogP contribution in [-0.2, 0) is 23.1 Å². The minimum atomic E-state index is -0.173. The molecule has 0 spiro atoms. The zero-order valence-electron chi connectivity index (χ0n) is 19.6. The molecule has 9 nitrogen and oxygen atoms in total. The quantitative estimate of drug-likeness (QED) is 0.445. The molecule has 1 aromatic carbocycles. The van der Waals surface area contributed by atoms with Crippen molar-refractivity contribution in [2.75, 3.05) is 16.4 Å². The third-order valence-electron chi connectivity index (χ3n) is 5.87. The average Bonchev–Trinajstić information content (AvgIpc) is 3.42. The molecule has 1 aliphatic rings. The molecule has 2 N–H and O–H groups in total. The molecule has 0 aliphatic heterocycles. The van der Waals surface area contributed by atoms with Crippen LogP contribution in [0.1, 0.15) is 60.0 Å². The molecule has 2 heterocycles. The fourth-order valence-corrected chi connectivity index (χ4v) is 5.66. The number of nitrogens with zero attached hydrogens (tertiary/aromatic N) is 5. The minimum absolute atomic E-state index is 0.0955. The topological polar surface area (TPSA) is 115 Å². The Morgan fingerprint density at radius 1 is 1.06 bits per heavy atom. The Hall–Kier alpha value is -2.79. The van der Waals surface area contributed by atoms with Crippen LogP contribution >= 0.6 is 23.1 Å². The van der Waals surface area contributed by atoms with Crippen molar-refractivity contribution in [1.29, 1.82) is 0 Å². The molecule has 0 atom stereocenters. The molecule has 0 saturated heterocycles. The van der Waals surface area contributed by atoms with Gasteiger partial charge in [-0.15, -0.1) is 20.4 Å². The van der Waals surface area contributed by atoms with Crippen LogP contribution in [0.5, 0.6) is 0 Å². The van der Waals surface area contributed by atoms with Crippen LogP contribution in [0.2, 0.25) is 0 Å². The summed E-state index contributed by atoms with van der Waals surface area (Å²) < 4.78 is 1.74. The van der Waals surface area contributed by atoms with Crippen LogP contribution in [0.3, 0.4) is 0 Å². The van der Waals surface area contributed by atoms with E-state index in [1.807, 2.05) is 32.0 Å². The van der Waals surface area contributed by atoms with Crippen molar-refractivity contribution in [3.8, 4) is 0 Å². The highest BCUT2D eigenvalue weighted by molar-refractivity contribution is 7.99. The maximum Gasteiger partial charge on any atom is 0.236 e. The van der Waals surface area contributed by atoms with Crippen molar-refractivity contribution in [2.24, 2.45) is 7.05 Å². The smallest absolute Gasteiger partial charge is 0.236 e. The highest BCUT2D eigenvalue weighted by Crippen LogP contribution is 2.35. The van der Waals surface area contributed by atoms with Gasteiger partial charge in [-0.25, -0.2) is 0 Å². The number of anilines is 2. The molecule has 180 valence electrons. The summed E-state index contributed by atoms with van der Waals surface area (Å²) in [5, 5.41) is 24.6. The maximum absolute atomic E-state index is 12.5. The molecule has 0 radical (unpaired) electrons. The van der Waals surface area contributed by atoms with Crippen LogP contribution in [0.25, 0.3) is 0 Å². The second-order valence-electron chi connectivity index (χ2n) is 8.62. The Bertz CT molecular complexity index is 1170. The summed E-state index contributed by atoms with van der Waals surface area (Å²) in [6.07, 6.45) is 6.14. The lowest BCUT2D eigenvalue weighted by molar-refractivity contribution is -0.116. The Morgan fingerprint density at radius 3 is 2.62 bits per heavy atom. The van der Waals surface area contributed by atoms with Gasteiger partial charge in [0.2, 0.25) is 16.9 Å². The van der Waals surface area contributed by atoms with Gasteiger partial charge in [-0.2, -0.15) is 0 Å². The van der Waals surface area contributed by atoms with Crippen molar-refractivity contribution < 1.29 is 9.59 Å². The number of thioether (sulfide) groups is 1. The summed E-state index contributed by atoms with van der Waals surface area (Å²) >= 11 is 2.73. The third-order valence-corrected chi connectivity index (χ3v) is 7.89. The van der Waals surface area contributed by atoms with Gasteiger partial charge in [-0.05, 0) is 38.3 Å². The Morgan fingerprint density at radius 2 is 1.85 bits per heavy atom. The van der Waals surface area contributed by atoms with Gasteiger partial charge in [0.1, 0.15) is 10.8 Å². The summed E-state index contributed by atoms with van der Waals surface area (Å²) in [5.74, 6) is 0.830. The van der Waals surface area contributed by atoms with Gasteiger partial charge in [-0.1, -0.05) is 60.1 Å². The lowest BCUT2D eigenvalue weighted by Crippen LogP contribution is -2.18. The van der Waals surface area contributed by atoms with Crippen LogP contribution in [0.4, 0.5) is 10.8 Å². The molecule has 0 bridgehead atoms. The molecular formula is C23H29N7O2S2. The van der Waals surface area contributed by atoms with Gasteiger partial charge in [0.05, 0.1) is 12.2 Å². The number of aromatic nitrogens is 5. The van der Waals surface area contributed by atoms with Crippen molar-refractivity contribution in [1.82, 2.24) is 25.0 Å². The standard InChI is InChI=1S/C23H29N7O2S2/c1-14-9-10-17(15(2)11-14)24-19(31)12-18-26-29-23(30(18)3)33-13-20(32)25-22-28-27-21(34-22)16-7-5-4-6-8-16/h9-11,16H,4-8,12-13H2,1-3H3,(H,24,31)(H,25,28,32). The number of carbonyl (C=O) groups is 2. The summed E-state index contributed by atoms with van der Waals surface area (Å²) in [5.41, 5.74) is 2.94. The van der Waals surface area contributed by atoms with Gasteiger partial charge < -0.3 is 9.88 Å². The van der Waals surface area contributed by atoms with E-state index >= 15 is 0 Å². The van der Waals surface area contributed by atoms with E-state index in [-0.39, 0.29) is 24.0 Å². The molecule has 1 fully saturated rings. The Kier molecular flexibility index (Phi) is 7.94. The Balaban J connectivity index is 1.27. The molecule has 1 saturated carbocycles. The molecule has 3 aromatic rings. The zero-order chi connectivity index (χ0) is 24.1. The number of rotatable bonds is 8. The summed E-state index contributed by atoms with van der Waals surface area (Å²) in [4.78, 5) is 24.9. The lowest BCUT2D eigenvalue weighted by atomic mass is 9.90. The first-order valence-electron chi connectivity index (χ1n) is 11.4. The first-order chi connectivity index (χ1) is 16.4. The van der Waals surface area contributed by atoms with E-state index in [1.165, 1.54) is 42.4 Å². The lowest BCUT2D eigenvalue weighted by Gasteiger charge is -2.18. The van der Waals surface area contributed by atoms with Crippen molar-refractivity contribution >= 4 is 45.7 Å². The largest absolute Gasteiger partial charge is 0.325 e. The van der Waals surface area contributed by atoms with Crippen molar-refractivity contribution in [2.45, 2.75) is 63.4 Å². The molecule has 11 heteroatoms. The molecule has 4 rings (SSSR count). The average molecular weight is 500 g/mol. The number of hydrogen-bond acceptors (Lipinski definition) is 8. The molecule has 2 amide bonds. The first kappa shape index (κ1) is 24.3. The predicted molar refractivity (Wildman–Crippen MR) is 134 cm³/mol. The van der Waals surface area contributed by atoms with E-state index < -0.39 is 0 Å². The van der Waals surface area contributed by atoms with E-state index in [2.05, 4.69) is 31.0 Å². The van der Waals surface area contributed by atoms with Gasteiger partial charge in [0.15, 0.2) is 5.16 Å². The van der Waals surface area contributed by atoms with Crippen LogP contribution < -0.4 is 10.6 Å². The van der Waals surface area contributed by atoms with Gasteiger partial charge in [-0.3, -0.25) is 14.9 Å². The van der Waals surface area contributed by atoms with E-state index in [0.29, 0.717) is 22.0 Å².